The molecule has 1 fully saturated rings. The maximum absolute atomic E-state index is 12.8. The van der Waals surface area contributed by atoms with Crippen LogP contribution >= 0.6 is 0 Å². The van der Waals surface area contributed by atoms with Crippen molar-refractivity contribution >= 4 is 18.0 Å². The number of hydrogen-bond acceptors (Lipinski definition) is 5. The molecule has 0 saturated carbocycles. The van der Waals surface area contributed by atoms with E-state index in [2.05, 4.69) is 29.6 Å². The van der Waals surface area contributed by atoms with Gasteiger partial charge in [0.15, 0.2) is 0 Å². The number of rotatable bonds is 8. The van der Waals surface area contributed by atoms with Crippen molar-refractivity contribution in [3.8, 4) is 11.1 Å². The molecule has 2 atom stereocenters. The van der Waals surface area contributed by atoms with Crippen LogP contribution in [0.15, 0.2) is 48.5 Å². The van der Waals surface area contributed by atoms with Gasteiger partial charge in [-0.3, -0.25) is 4.79 Å². The molecule has 1 saturated heterocycles. The number of ether oxygens (including phenoxy) is 2. The smallest absolute Gasteiger partial charge is 0.407 e. The molecule has 2 aliphatic rings. The highest BCUT2D eigenvalue weighted by Gasteiger charge is 2.40. The summed E-state index contributed by atoms with van der Waals surface area (Å²) in [7, 11) is 1.51. The molecule has 8 heteroatoms. The first-order chi connectivity index (χ1) is 16.7. The normalized spacial score (nSPS) is 19.2. The second kappa shape index (κ2) is 10.1. The number of carboxylic acid groups (broad SMARTS) is 1. The molecule has 35 heavy (non-hydrogen) atoms. The van der Waals surface area contributed by atoms with Crippen molar-refractivity contribution in [1.82, 2.24) is 10.2 Å². The highest BCUT2D eigenvalue weighted by molar-refractivity contribution is 5.84. The minimum absolute atomic E-state index is 0.0327. The number of alkyl carbamates (subject to hydrolysis) is 1. The first kappa shape index (κ1) is 24.7. The summed E-state index contributed by atoms with van der Waals surface area (Å²) in [5, 5.41) is 12.3. The minimum atomic E-state index is -1.03. The Kier molecular flexibility index (Phi) is 7.12. The van der Waals surface area contributed by atoms with Crippen LogP contribution in [0.5, 0.6) is 0 Å². The SMILES string of the molecule is COC1CC(C(=O)O)N(C(=O)CCC(C)(C)NC(=O)OCC2c3ccccc3-c3ccccc32)C1. The number of nitrogens with one attached hydrogen (secondary N) is 1. The van der Waals surface area contributed by atoms with Gasteiger partial charge in [-0.05, 0) is 42.5 Å². The van der Waals surface area contributed by atoms with Crippen LogP contribution < -0.4 is 5.32 Å². The average molecular weight is 481 g/mol. The van der Waals surface area contributed by atoms with Crippen molar-refractivity contribution in [3.63, 3.8) is 0 Å². The molecule has 2 N–H and O–H groups in total. The van der Waals surface area contributed by atoms with Crippen molar-refractivity contribution in [2.45, 2.75) is 56.7 Å². The van der Waals surface area contributed by atoms with Crippen LogP contribution in [0.1, 0.15) is 50.2 Å². The molecule has 1 aliphatic carbocycles. The van der Waals surface area contributed by atoms with Crippen molar-refractivity contribution in [3.05, 3.63) is 59.7 Å². The number of amides is 2. The lowest BCUT2D eigenvalue weighted by Crippen LogP contribution is -2.46. The minimum Gasteiger partial charge on any atom is -0.480 e. The summed E-state index contributed by atoms with van der Waals surface area (Å²) in [6, 6.07) is 15.4. The van der Waals surface area contributed by atoms with Gasteiger partial charge < -0.3 is 24.8 Å². The van der Waals surface area contributed by atoms with Gasteiger partial charge >= 0.3 is 12.1 Å². The molecule has 8 nitrogen and oxygen atoms in total. The number of aliphatic carboxylic acids is 1. The summed E-state index contributed by atoms with van der Waals surface area (Å²) >= 11 is 0. The van der Waals surface area contributed by atoms with Crippen molar-refractivity contribution in [2.24, 2.45) is 0 Å². The number of likely N-dealkylation sites (tertiary alicyclic amines) is 1. The molecule has 1 aliphatic heterocycles. The average Bonchev–Trinajstić information content (AvgIpc) is 3.41. The maximum Gasteiger partial charge on any atom is 0.407 e. The van der Waals surface area contributed by atoms with E-state index < -0.39 is 23.6 Å². The third kappa shape index (κ3) is 5.32. The summed E-state index contributed by atoms with van der Waals surface area (Å²) in [5.41, 5.74) is 3.89. The van der Waals surface area contributed by atoms with Crippen LogP contribution in [0.3, 0.4) is 0 Å². The first-order valence-electron chi connectivity index (χ1n) is 11.9. The molecule has 0 radical (unpaired) electrons. The predicted octanol–water partition coefficient (Wildman–Crippen LogP) is 3.78. The Balaban J connectivity index is 1.31. The Morgan fingerprint density at radius 2 is 1.66 bits per heavy atom. The molecule has 2 aromatic rings. The van der Waals surface area contributed by atoms with Crippen LogP contribution in [0.25, 0.3) is 11.1 Å². The standard InChI is InChI=1S/C27H32N2O6/c1-27(2,13-12-24(30)29-15-17(34-3)14-23(29)25(31)32)28-26(33)35-16-22-20-10-6-4-8-18(20)19-9-5-7-11-21(19)22/h4-11,17,22-23H,12-16H2,1-3H3,(H,28,33)(H,31,32). The van der Waals surface area contributed by atoms with Crippen LogP contribution in [-0.4, -0.2) is 65.9 Å². The summed E-state index contributed by atoms with van der Waals surface area (Å²) in [4.78, 5) is 38.3. The van der Waals surface area contributed by atoms with E-state index in [0.717, 1.165) is 22.3 Å². The first-order valence-corrected chi connectivity index (χ1v) is 11.9. The number of methoxy groups -OCH3 is 1. The van der Waals surface area contributed by atoms with E-state index in [-0.39, 0.29) is 43.9 Å². The van der Waals surface area contributed by atoms with Crippen LogP contribution in [0, 0.1) is 0 Å². The summed E-state index contributed by atoms with van der Waals surface area (Å²) < 4.78 is 10.9. The maximum atomic E-state index is 12.8. The van der Waals surface area contributed by atoms with Gasteiger partial charge in [0, 0.05) is 38.0 Å². The highest BCUT2D eigenvalue weighted by atomic mass is 16.5. The third-order valence-corrected chi connectivity index (χ3v) is 6.95. The van der Waals surface area contributed by atoms with Gasteiger partial charge in [-0.2, -0.15) is 0 Å². The van der Waals surface area contributed by atoms with Crippen LogP contribution in [0.4, 0.5) is 4.79 Å². The number of nitrogens with zero attached hydrogens (tertiary/aromatic N) is 1. The molecule has 1 heterocycles. The largest absolute Gasteiger partial charge is 0.480 e. The lowest BCUT2D eigenvalue weighted by molar-refractivity contribution is -0.148. The van der Waals surface area contributed by atoms with E-state index in [1.54, 1.807) is 0 Å². The van der Waals surface area contributed by atoms with E-state index in [9.17, 15) is 19.5 Å². The fourth-order valence-corrected chi connectivity index (χ4v) is 5.01. The molecule has 0 spiro atoms. The van der Waals surface area contributed by atoms with E-state index in [4.69, 9.17) is 9.47 Å². The van der Waals surface area contributed by atoms with Crippen LogP contribution in [-0.2, 0) is 19.1 Å². The monoisotopic (exact) mass is 480 g/mol. The zero-order chi connectivity index (χ0) is 25.2. The number of benzene rings is 2. The van der Waals surface area contributed by atoms with Crippen molar-refractivity contribution in [1.29, 1.82) is 0 Å². The summed E-state index contributed by atoms with van der Waals surface area (Å²) in [6.45, 7) is 4.10. The molecule has 2 aromatic carbocycles. The highest BCUT2D eigenvalue weighted by Crippen LogP contribution is 2.44. The van der Waals surface area contributed by atoms with E-state index in [1.807, 2.05) is 38.1 Å². The molecule has 0 bridgehead atoms. The number of carbonyl (C=O) groups is 3. The van der Waals surface area contributed by atoms with Crippen molar-refractivity contribution < 1.29 is 29.0 Å². The summed E-state index contributed by atoms with van der Waals surface area (Å²) in [6.07, 6.45) is -0.104. The van der Waals surface area contributed by atoms with Gasteiger partial charge in [-0.1, -0.05) is 48.5 Å². The van der Waals surface area contributed by atoms with E-state index in [1.165, 1.54) is 12.0 Å². The van der Waals surface area contributed by atoms with Gasteiger partial charge in [0.2, 0.25) is 5.91 Å². The predicted molar refractivity (Wildman–Crippen MR) is 130 cm³/mol. The molecule has 0 aromatic heterocycles. The lowest BCUT2D eigenvalue weighted by Gasteiger charge is -2.28. The Morgan fingerprint density at radius 3 is 2.23 bits per heavy atom. The van der Waals surface area contributed by atoms with Gasteiger partial charge in [-0.15, -0.1) is 0 Å². The van der Waals surface area contributed by atoms with Gasteiger partial charge in [0.25, 0.3) is 0 Å². The number of carboxylic acids is 1. The second-order valence-electron chi connectivity index (χ2n) is 9.83. The molecular weight excluding hydrogens is 448 g/mol. The quantitative estimate of drug-likeness (QED) is 0.596. The lowest BCUT2D eigenvalue weighted by atomic mass is 9.97. The number of carbonyl (C=O) groups excluding carboxylic acids is 2. The van der Waals surface area contributed by atoms with E-state index in [0.29, 0.717) is 6.42 Å². The van der Waals surface area contributed by atoms with E-state index >= 15 is 0 Å². The summed E-state index contributed by atoms with van der Waals surface area (Å²) in [5.74, 6) is -1.33. The molecule has 4 rings (SSSR count). The van der Waals surface area contributed by atoms with Gasteiger partial charge in [0.05, 0.1) is 6.10 Å². The zero-order valence-corrected chi connectivity index (χ0v) is 20.3. The fourth-order valence-electron chi connectivity index (χ4n) is 5.01. The fraction of sp³-hybridized carbons (Fsp3) is 0.444. The molecule has 186 valence electrons. The van der Waals surface area contributed by atoms with Gasteiger partial charge in [-0.25, -0.2) is 9.59 Å². The Hall–Kier alpha value is -3.39. The zero-order valence-electron chi connectivity index (χ0n) is 20.3. The Bertz CT molecular complexity index is 1070. The number of hydrogen-bond donors (Lipinski definition) is 2. The Morgan fingerprint density at radius 1 is 1.06 bits per heavy atom. The van der Waals surface area contributed by atoms with Crippen molar-refractivity contribution in [2.75, 3.05) is 20.3 Å². The topological polar surface area (TPSA) is 105 Å². The van der Waals surface area contributed by atoms with Gasteiger partial charge in [0.1, 0.15) is 12.6 Å². The third-order valence-electron chi connectivity index (χ3n) is 6.95. The number of fused-ring (bicyclic) bond motifs is 3. The second-order valence-corrected chi connectivity index (χ2v) is 9.83. The molecular formula is C27H32N2O6. The molecule has 2 unspecified atom stereocenters. The Labute approximate surface area is 205 Å². The molecule has 2 amide bonds. The van der Waals surface area contributed by atoms with Crippen LogP contribution in [0.2, 0.25) is 0 Å².